The van der Waals surface area contributed by atoms with E-state index < -0.39 is 0 Å². The van der Waals surface area contributed by atoms with Gasteiger partial charge in [0.2, 0.25) is 0 Å². The predicted molar refractivity (Wildman–Crippen MR) is 100 cm³/mol. The number of likely N-dealkylation sites (tertiary alicyclic amines) is 1. The zero-order chi connectivity index (χ0) is 16.4. The number of rotatable bonds is 5. The van der Waals surface area contributed by atoms with Crippen LogP contribution in [0.5, 0.6) is 5.75 Å². The van der Waals surface area contributed by atoms with Crippen LogP contribution in [0.15, 0.2) is 59.5 Å². The van der Waals surface area contributed by atoms with Crippen molar-refractivity contribution < 1.29 is 5.11 Å². The number of hydrogen-bond donors (Lipinski definition) is 1. The Balaban J connectivity index is 1.25. The molecule has 1 saturated heterocycles. The summed E-state index contributed by atoms with van der Waals surface area (Å²) in [6, 6.07) is 18.5. The van der Waals surface area contributed by atoms with Gasteiger partial charge in [-0.2, -0.15) is 0 Å². The van der Waals surface area contributed by atoms with Crippen molar-refractivity contribution in [3.05, 3.63) is 60.2 Å². The predicted octanol–water partition coefficient (Wildman–Crippen LogP) is 4.64. The van der Waals surface area contributed by atoms with Gasteiger partial charge in [0.05, 0.1) is 0 Å². The zero-order valence-corrected chi connectivity index (χ0v) is 14.8. The molecule has 1 N–H and O–H groups in total. The molecule has 1 heterocycles. The molecule has 0 bridgehead atoms. The smallest absolute Gasteiger partial charge is 0.115 e. The monoisotopic (exact) mass is 339 g/mol. The first-order valence-corrected chi connectivity index (χ1v) is 9.93. The zero-order valence-electron chi connectivity index (χ0n) is 14.0. The van der Waals surface area contributed by atoms with Crippen LogP contribution in [0.3, 0.4) is 0 Å². The molecule has 3 heteroatoms. The molecule has 24 heavy (non-hydrogen) atoms. The average Bonchev–Trinajstić information content (AvgIpc) is 3.13. The second-order valence-electron chi connectivity index (χ2n) is 7.35. The Morgan fingerprint density at radius 2 is 1.58 bits per heavy atom. The van der Waals surface area contributed by atoms with E-state index in [1.165, 1.54) is 42.8 Å². The number of nitrogens with zero attached hydrogens (tertiary/aromatic N) is 1. The summed E-state index contributed by atoms with van der Waals surface area (Å²) in [4.78, 5) is 3.86. The molecule has 2 aromatic rings. The molecule has 2 aromatic carbocycles. The fourth-order valence-corrected chi connectivity index (χ4v) is 5.32. The van der Waals surface area contributed by atoms with E-state index >= 15 is 0 Å². The van der Waals surface area contributed by atoms with Crippen molar-refractivity contribution in [3.63, 3.8) is 0 Å². The standard InChI is InChI=1S/C21H25NOS/c23-20-6-8-21(9-7-20)24-15-22-13-18-11-17(12-19(18)14-22)10-16-4-2-1-3-5-16/h1-9,17-19,23H,10-15H2/t17-,18-,19+. The molecule has 0 radical (unpaired) electrons. The molecule has 3 atom stereocenters. The van der Waals surface area contributed by atoms with Gasteiger partial charge in [-0.3, -0.25) is 4.90 Å². The number of phenolic OH excluding ortho intramolecular Hbond substituents is 1. The van der Waals surface area contributed by atoms with Gasteiger partial charge in [0, 0.05) is 23.9 Å². The summed E-state index contributed by atoms with van der Waals surface area (Å²) in [7, 11) is 0. The van der Waals surface area contributed by atoms with Crippen LogP contribution in [0.4, 0.5) is 0 Å². The summed E-state index contributed by atoms with van der Waals surface area (Å²) >= 11 is 1.88. The van der Waals surface area contributed by atoms with Gasteiger partial charge in [-0.1, -0.05) is 30.3 Å². The normalized spacial score (nSPS) is 26.6. The van der Waals surface area contributed by atoms with Crippen molar-refractivity contribution in [1.82, 2.24) is 4.90 Å². The third-order valence-electron chi connectivity index (χ3n) is 5.54. The summed E-state index contributed by atoms with van der Waals surface area (Å²) < 4.78 is 0. The van der Waals surface area contributed by atoms with E-state index in [4.69, 9.17) is 0 Å². The maximum absolute atomic E-state index is 9.36. The second kappa shape index (κ2) is 7.20. The first kappa shape index (κ1) is 16.0. The number of thioether (sulfide) groups is 1. The lowest BCUT2D eigenvalue weighted by Gasteiger charge is -2.18. The minimum Gasteiger partial charge on any atom is -0.508 e. The highest BCUT2D eigenvalue weighted by Crippen LogP contribution is 2.43. The van der Waals surface area contributed by atoms with Crippen molar-refractivity contribution in [1.29, 1.82) is 0 Å². The van der Waals surface area contributed by atoms with Crippen molar-refractivity contribution in [2.45, 2.75) is 24.2 Å². The largest absolute Gasteiger partial charge is 0.508 e. The number of phenols is 1. The van der Waals surface area contributed by atoms with Crippen LogP contribution in [-0.2, 0) is 6.42 Å². The molecule has 0 spiro atoms. The molecule has 0 aromatic heterocycles. The highest BCUT2D eigenvalue weighted by Gasteiger charge is 2.40. The van der Waals surface area contributed by atoms with E-state index in [9.17, 15) is 5.11 Å². The molecule has 2 aliphatic rings. The minimum atomic E-state index is 0.347. The quantitative estimate of drug-likeness (QED) is 0.803. The lowest BCUT2D eigenvalue weighted by Crippen LogP contribution is -2.22. The van der Waals surface area contributed by atoms with Gasteiger partial charge in [-0.25, -0.2) is 0 Å². The van der Waals surface area contributed by atoms with Crippen molar-refractivity contribution in [2.24, 2.45) is 17.8 Å². The number of benzene rings is 2. The van der Waals surface area contributed by atoms with Gasteiger partial charge in [0.15, 0.2) is 0 Å². The van der Waals surface area contributed by atoms with E-state index in [2.05, 4.69) is 35.2 Å². The molecule has 4 rings (SSSR count). The molecule has 0 amide bonds. The summed E-state index contributed by atoms with van der Waals surface area (Å²) in [5.41, 5.74) is 1.50. The highest BCUT2D eigenvalue weighted by atomic mass is 32.2. The average molecular weight is 340 g/mol. The van der Waals surface area contributed by atoms with E-state index in [1.54, 1.807) is 12.1 Å². The summed E-state index contributed by atoms with van der Waals surface area (Å²) in [6.45, 7) is 2.53. The Labute approximate surface area is 148 Å². The Morgan fingerprint density at radius 1 is 0.917 bits per heavy atom. The van der Waals surface area contributed by atoms with Crippen molar-refractivity contribution >= 4 is 11.8 Å². The fraction of sp³-hybridized carbons (Fsp3) is 0.429. The Hall–Kier alpha value is -1.45. The van der Waals surface area contributed by atoms with E-state index in [0.717, 1.165) is 23.6 Å². The Kier molecular flexibility index (Phi) is 4.81. The van der Waals surface area contributed by atoms with Gasteiger partial charge in [0.1, 0.15) is 5.75 Å². The summed E-state index contributed by atoms with van der Waals surface area (Å²) in [5.74, 6) is 4.10. The number of hydrogen-bond acceptors (Lipinski definition) is 3. The summed E-state index contributed by atoms with van der Waals surface area (Å²) in [6.07, 6.45) is 4.07. The van der Waals surface area contributed by atoms with E-state index in [-0.39, 0.29) is 0 Å². The highest BCUT2D eigenvalue weighted by molar-refractivity contribution is 7.99. The molecule has 1 saturated carbocycles. The van der Waals surface area contributed by atoms with Crippen molar-refractivity contribution in [3.8, 4) is 5.75 Å². The summed E-state index contributed by atoms with van der Waals surface area (Å²) in [5, 5.41) is 9.36. The van der Waals surface area contributed by atoms with E-state index in [0.29, 0.717) is 5.75 Å². The van der Waals surface area contributed by atoms with Crippen LogP contribution in [0.25, 0.3) is 0 Å². The van der Waals surface area contributed by atoms with Gasteiger partial charge in [-0.05, 0) is 66.8 Å². The molecule has 1 aliphatic heterocycles. The molecule has 2 nitrogen and oxygen atoms in total. The minimum absolute atomic E-state index is 0.347. The molecular formula is C21H25NOS. The lowest BCUT2D eigenvalue weighted by molar-refractivity contribution is 0.341. The SMILES string of the molecule is Oc1ccc(SCN2C[C@H]3C[C@@H](Cc4ccccc4)C[C@H]3C2)cc1. The van der Waals surface area contributed by atoms with Crippen LogP contribution in [0.1, 0.15) is 18.4 Å². The molecule has 2 fully saturated rings. The van der Waals surface area contributed by atoms with Crippen LogP contribution < -0.4 is 0 Å². The van der Waals surface area contributed by atoms with Crippen LogP contribution >= 0.6 is 11.8 Å². The second-order valence-corrected chi connectivity index (χ2v) is 8.37. The van der Waals surface area contributed by atoms with Gasteiger partial charge in [-0.15, -0.1) is 11.8 Å². The fourth-order valence-electron chi connectivity index (χ4n) is 4.45. The molecule has 0 unspecified atom stereocenters. The first-order chi connectivity index (χ1) is 11.8. The van der Waals surface area contributed by atoms with E-state index in [1.807, 2.05) is 23.9 Å². The van der Waals surface area contributed by atoms with Crippen LogP contribution in [-0.4, -0.2) is 29.0 Å². The third kappa shape index (κ3) is 3.79. The maximum atomic E-state index is 9.36. The molecule has 1 aliphatic carbocycles. The number of aromatic hydroxyl groups is 1. The molecule has 126 valence electrons. The van der Waals surface area contributed by atoms with Gasteiger partial charge >= 0.3 is 0 Å². The third-order valence-corrected chi connectivity index (χ3v) is 6.64. The van der Waals surface area contributed by atoms with Crippen molar-refractivity contribution in [2.75, 3.05) is 19.0 Å². The topological polar surface area (TPSA) is 23.5 Å². The van der Waals surface area contributed by atoms with Gasteiger partial charge in [0.25, 0.3) is 0 Å². The molecular weight excluding hydrogens is 314 g/mol. The Morgan fingerprint density at radius 3 is 2.25 bits per heavy atom. The first-order valence-electron chi connectivity index (χ1n) is 8.94. The van der Waals surface area contributed by atoms with Crippen LogP contribution in [0.2, 0.25) is 0 Å². The number of fused-ring (bicyclic) bond motifs is 1. The van der Waals surface area contributed by atoms with Crippen LogP contribution in [0, 0.1) is 17.8 Å². The Bertz CT molecular complexity index is 643. The maximum Gasteiger partial charge on any atom is 0.115 e. The van der Waals surface area contributed by atoms with Gasteiger partial charge < -0.3 is 5.11 Å². The lowest BCUT2D eigenvalue weighted by atomic mass is 9.96.